The molecule has 0 radical (unpaired) electrons. The minimum atomic E-state index is -0.518. The summed E-state index contributed by atoms with van der Waals surface area (Å²) in [5.41, 5.74) is 6.11. The van der Waals surface area contributed by atoms with Crippen LogP contribution in [-0.4, -0.2) is 37.6 Å². The van der Waals surface area contributed by atoms with Gasteiger partial charge in [0.15, 0.2) is 0 Å². The van der Waals surface area contributed by atoms with Gasteiger partial charge in [0.1, 0.15) is 0 Å². The van der Waals surface area contributed by atoms with E-state index in [4.69, 9.17) is 10.5 Å². The average molecular weight is 300 g/mol. The number of rotatable bonds is 4. The molecule has 4 N–H and O–H groups in total. The van der Waals surface area contributed by atoms with Crippen molar-refractivity contribution in [1.82, 2.24) is 5.32 Å². The molecule has 6 nitrogen and oxygen atoms in total. The smallest absolute Gasteiger partial charge is 0.248 e. The molecule has 1 unspecified atom stereocenters. The normalized spacial score (nSPS) is 17.9. The second kappa shape index (κ2) is 7.84. The van der Waals surface area contributed by atoms with Crippen LogP contribution in [-0.2, 0) is 9.53 Å². The van der Waals surface area contributed by atoms with Gasteiger partial charge in [0.05, 0.1) is 19.1 Å². The lowest BCUT2D eigenvalue weighted by Gasteiger charge is -2.23. The number of carbonyl (C=O) groups excluding carboxylic acids is 2. The summed E-state index contributed by atoms with van der Waals surface area (Å²) in [6, 6.07) is 6.55. The second-order valence-corrected chi connectivity index (χ2v) is 4.39. The average Bonchev–Trinajstić information content (AvgIpc) is 2.40. The number of ether oxygens (including phenoxy) is 1. The Morgan fingerprint density at radius 1 is 1.45 bits per heavy atom. The van der Waals surface area contributed by atoms with Crippen molar-refractivity contribution in [1.29, 1.82) is 0 Å². The molecular formula is C13H18ClN3O3. The maximum Gasteiger partial charge on any atom is 0.248 e. The van der Waals surface area contributed by atoms with Crippen molar-refractivity contribution in [2.24, 2.45) is 5.73 Å². The lowest BCUT2D eigenvalue weighted by atomic mass is 10.1. The molecule has 1 saturated heterocycles. The SMILES string of the molecule is Cl.NC(=O)c1cccc(NC(=O)CC2CNCCO2)c1. The van der Waals surface area contributed by atoms with E-state index in [0.29, 0.717) is 24.4 Å². The van der Waals surface area contributed by atoms with Crippen molar-refractivity contribution < 1.29 is 14.3 Å². The molecule has 0 saturated carbocycles. The number of carbonyl (C=O) groups is 2. The molecule has 1 aliphatic rings. The van der Waals surface area contributed by atoms with Crippen LogP contribution in [0, 0.1) is 0 Å². The zero-order valence-corrected chi connectivity index (χ0v) is 11.7. The Morgan fingerprint density at radius 3 is 2.90 bits per heavy atom. The van der Waals surface area contributed by atoms with Crippen LogP contribution in [0.25, 0.3) is 0 Å². The Kier molecular flexibility index (Phi) is 6.44. The van der Waals surface area contributed by atoms with Gasteiger partial charge >= 0.3 is 0 Å². The maximum absolute atomic E-state index is 11.8. The fourth-order valence-electron chi connectivity index (χ4n) is 1.92. The van der Waals surface area contributed by atoms with E-state index in [2.05, 4.69) is 10.6 Å². The summed E-state index contributed by atoms with van der Waals surface area (Å²) in [4.78, 5) is 22.9. The molecule has 1 fully saturated rings. The van der Waals surface area contributed by atoms with Crippen LogP contribution in [0.1, 0.15) is 16.8 Å². The largest absolute Gasteiger partial charge is 0.375 e. The molecule has 0 spiro atoms. The van der Waals surface area contributed by atoms with Gasteiger partial charge in [-0.3, -0.25) is 9.59 Å². The third-order valence-corrected chi connectivity index (χ3v) is 2.85. The lowest BCUT2D eigenvalue weighted by molar-refractivity contribution is -0.119. The zero-order valence-electron chi connectivity index (χ0n) is 10.9. The van der Waals surface area contributed by atoms with E-state index in [9.17, 15) is 9.59 Å². The molecule has 20 heavy (non-hydrogen) atoms. The summed E-state index contributed by atoms with van der Waals surface area (Å²) in [7, 11) is 0. The van der Waals surface area contributed by atoms with E-state index in [-0.39, 0.29) is 30.8 Å². The molecule has 0 bridgehead atoms. The van der Waals surface area contributed by atoms with Crippen molar-refractivity contribution >= 4 is 29.9 Å². The van der Waals surface area contributed by atoms with Crippen LogP contribution in [0.3, 0.4) is 0 Å². The van der Waals surface area contributed by atoms with Gasteiger partial charge in [0.25, 0.3) is 0 Å². The summed E-state index contributed by atoms with van der Waals surface area (Å²) >= 11 is 0. The lowest BCUT2D eigenvalue weighted by Crippen LogP contribution is -2.40. The van der Waals surface area contributed by atoms with Gasteiger partial charge in [-0.1, -0.05) is 6.07 Å². The van der Waals surface area contributed by atoms with E-state index in [1.807, 2.05) is 0 Å². The topological polar surface area (TPSA) is 93.5 Å². The number of amides is 2. The first-order valence-corrected chi connectivity index (χ1v) is 6.17. The highest BCUT2D eigenvalue weighted by Crippen LogP contribution is 2.11. The molecule has 2 amide bonds. The van der Waals surface area contributed by atoms with Gasteiger partial charge in [0, 0.05) is 24.3 Å². The highest BCUT2D eigenvalue weighted by Gasteiger charge is 2.17. The molecular weight excluding hydrogens is 282 g/mol. The van der Waals surface area contributed by atoms with Crippen molar-refractivity contribution in [3.63, 3.8) is 0 Å². The molecule has 1 heterocycles. The number of benzene rings is 1. The predicted octanol–water partition coefficient (Wildman–Crippen LogP) is 0.524. The molecule has 1 aromatic carbocycles. The van der Waals surface area contributed by atoms with E-state index < -0.39 is 5.91 Å². The van der Waals surface area contributed by atoms with E-state index in [1.54, 1.807) is 24.3 Å². The maximum atomic E-state index is 11.8. The number of anilines is 1. The molecule has 0 aromatic heterocycles. The van der Waals surface area contributed by atoms with Crippen LogP contribution in [0.2, 0.25) is 0 Å². The molecule has 2 rings (SSSR count). The summed E-state index contributed by atoms with van der Waals surface area (Å²) in [6.07, 6.45) is 0.182. The van der Waals surface area contributed by atoms with Crippen LogP contribution < -0.4 is 16.4 Å². The number of hydrogen-bond donors (Lipinski definition) is 3. The highest BCUT2D eigenvalue weighted by molar-refractivity contribution is 5.96. The second-order valence-electron chi connectivity index (χ2n) is 4.39. The number of nitrogens with two attached hydrogens (primary N) is 1. The molecule has 110 valence electrons. The fourth-order valence-corrected chi connectivity index (χ4v) is 1.92. The van der Waals surface area contributed by atoms with Gasteiger partial charge in [-0.2, -0.15) is 0 Å². The molecule has 0 aliphatic carbocycles. The van der Waals surface area contributed by atoms with Crippen molar-refractivity contribution in [2.45, 2.75) is 12.5 Å². The molecule has 1 atom stereocenters. The summed E-state index contributed by atoms with van der Waals surface area (Å²) in [6.45, 7) is 2.11. The highest BCUT2D eigenvalue weighted by atomic mass is 35.5. The van der Waals surface area contributed by atoms with Crippen molar-refractivity contribution in [3.8, 4) is 0 Å². The Balaban J connectivity index is 0.00000200. The van der Waals surface area contributed by atoms with E-state index in [1.165, 1.54) is 0 Å². The van der Waals surface area contributed by atoms with Crippen molar-refractivity contribution in [2.75, 3.05) is 25.0 Å². The van der Waals surface area contributed by atoms with Gasteiger partial charge in [-0.05, 0) is 18.2 Å². The summed E-state index contributed by atoms with van der Waals surface area (Å²) < 4.78 is 5.45. The Morgan fingerprint density at radius 2 is 2.25 bits per heavy atom. The predicted molar refractivity (Wildman–Crippen MR) is 78.1 cm³/mol. The van der Waals surface area contributed by atoms with Crippen LogP contribution in [0.4, 0.5) is 5.69 Å². The quantitative estimate of drug-likeness (QED) is 0.756. The third-order valence-electron chi connectivity index (χ3n) is 2.85. The third kappa shape index (κ3) is 4.80. The number of primary amides is 1. The zero-order chi connectivity index (χ0) is 13.7. The summed E-state index contributed by atoms with van der Waals surface area (Å²) in [5, 5.41) is 5.89. The first-order valence-electron chi connectivity index (χ1n) is 6.17. The van der Waals surface area contributed by atoms with E-state index >= 15 is 0 Å². The monoisotopic (exact) mass is 299 g/mol. The number of hydrogen-bond acceptors (Lipinski definition) is 4. The minimum Gasteiger partial charge on any atom is -0.375 e. The van der Waals surface area contributed by atoms with Crippen LogP contribution >= 0.6 is 12.4 Å². The minimum absolute atomic E-state index is 0. The number of nitrogens with one attached hydrogen (secondary N) is 2. The first-order chi connectivity index (χ1) is 9.15. The molecule has 1 aliphatic heterocycles. The number of morpholine rings is 1. The van der Waals surface area contributed by atoms with Crippen LogP contribution in [0.15, 0.2) is 24.3 Å². The van der Waals surface area contributed by atoms with Crippen LogP contribution in [0.5, 0.6) is 0 Å². The fraction of sp³-hybridized carbons (Fsp3) is 0.385. The Bertz CT molecular complexity index is 476. The Labute approximate surface area is 123 Å². The number of halogens is 1. The first kappa shape index (κ1) is 16.4. The van der Waals surface area contributed by atoms with Gasteiger partial charge < -0.3 is 21.1 Å². The van der Waals surface area contributed by atoms with Gasteiger partial charge in [-0.25, -0.2) is 0 Å². The van der Waals surface area contributed by atoms with E-state index in [0.717, 1.165) is 6.54 Å². The molecule has 1 aromatic rings. The van der Waals surface area contributed by atoms with Crippen molar-refractivity contribution in [3.05, 3.63) is 29.8 Å². The van der Waals surface area contributed by atoms with Gasteiger partial charge in [-0.15, -0.1) is 12.4 Å². The Hall–Kier alpha value is -1.63. The molecule has 7 heteroatoms. The van der Waals surface area contributed by atoms with Gasteiger partial charge in [0.2, 0.25) is 11.8 Å². The standard InChI is InChI=1S/C13H17N3O3.ClH/c14-13(18)9-2-1-3-10(6-9)16-12(17)7-11-8-15-4-5-19-11;/h1-3,6,11,15H,4-5,7-8H2,(H2,14,18)(H,16,17);1H. The summed E-state index contributed by atoms with van der Waals surface area (Å²) in [5.74, 6) is -0.661.